The zero-order valence-electron chi connectivity index (χ0n) is 25.4. The molecule has 1 heterocycles. The Morgan fingerprint density at radius 2 is 1.47 bits per heavy atom. The predicted molar refractivity (Wildman–Crippen MR) is 171 cm³/mol. The third kappa shape index (κ3) is 9.71. The van der Waals surface area contributed by atoms with E-state index in [2.05, 4.69) is 20.9 Å². The van der Waals surface area contributed by atoms with Crippen LogP contribution in [-0.2, 0) is 22.5 Å². The number of likely N-dealkylation sites (tertiary alicyclic amines) is 1. The highest BCUT2D eigenvalue weighted by molar-refractivity contribution is 5.95. The molecule has 1 saturated carbocycles. The van der Waals surface area contributed by atoms with E-state index in [-0.39, 0.29) is 35.8 Å². The molecular formula is C35H42N4O6. The summed E-state index contributed by atoms with van der Waals surface area (Å²) < 4.78 is 5.52. The molecule has 10 nitrogen and oxygen atoms in total. The summed E-state index contributed by atoms with van der Waals surface area (Å²) in [5.74, 6) is 0.0911. The number of rotatable bonds is 11. The van der Waals surface area contributed by atoms with Gasteiger partial charge in [-0.05, 0) is 84.8 Å². The largest absolute Gasteiger partial charge is 0.508 e. The van der Waals surface area contributed by atoms with Gasteiger partial charge in [-0.1, -0.05) is 43.5 Å². The average molecular weight is 615 g/mol. The van der Waals surface area contributed by atoms with Crippen molar-refractivity contribution in [2.45, 2.75) is 63.6 Å². The molecule has 3 amide bonds. The number of esters is 1. The molecule has 0 bridgehead atoms. The zero-order chi connectivity index (χ0) is 31.6. The number of carbonyl (C=O) groups is 3. The number of nitrogens with zero attached hydrogens (tertiary/aromatic N) is 1. The van der Waals surface area contributed by atoms with Gasteiger partial charge < -0.3 is 30.9 Å². The summed E-state index contributed by atoms with van der Waals surface area (Å²) in [5.41, 5.74) is 2.75. The van der Waals surface area contributed by atoms with Crippen LogP contribution in [0.15, 0.2) is 72.8 Å². The van der Waals surface area contributed by atoms with Crippen LogP contribution < -0.4 is 16.0 Å². The molecule has 2 aliphatic rings. The maximum absolute atomic E-state index is 13.5. The summed E-state index contributed by atoms with van der Waals surface area (Å²) in [5, 5.41) is 27.9. The highest BCUT2D eigenvalue weighted by Gasteiger charge is 2.28. The molecule has 2 fully saturated rings. The fourth-order valence-corrected chi connectivity index (χ4v) is 5.98. The number of phenolic OH excluding ortho intramolecular Hbond substituents is 2. The van der Waals surface area contributed by atoms with E-state index in [1.165, 1.54) is 19.3 Å². The number of amides is 3. The highest BCUT2D eigenvalue weighted by Crippen LogP contribution is 2.24. The third-order valence-corrected chi connectivity index (χ3v) is 8.51. The van der Waals surface area contributed by atoms with Crippen LogP contribution >= 0.6 is 0 Å². The molecule has 5 rings (SSSR count). The Hall–Kier alpha value is -4.57. The van der Waals surface area contributed by atoms with E-state index in [0.29, 0.717) is 36.9 Å². The van der Waals surface area contributed by atoms with Crippen molar-refractivity contribution in [1.29, 1.82) is 0 Å². The van der Waals surface area contributed by atoms with Crippen LogP contribution in [0.1, 0.15) is 60.0 Å². The molecule has 1 aliphatic carbocycles. The molecule has 45 heavy (non-hydrogen) atoms. The van der Waals surface area contributed by atoms with Crippen LogP contribution in [0.4, 0.5) is 10.5 Å². The second-order valence-electron chi connectivity index (χ2n) is 12.1. The van der Waals surface area contributed by atoms with Crippen LogP contribution in [-0.4, -0.2) is 64.8 Å². The van der Waals surface area contributed by atoms with E-state index in [4.69, 9.17) is 4.74 Å². The van der Waals surface area contributed by atoms with Gasteiger partial charge in [-0.15, -0.1) is 0 Å². The SMILES string of the molecule is O=C(Nc1ccc(C(=O)OCC2CCCCC2)cc1)N[C@@H](Cc1ccc(O)cc1)C(=O)NC1CCN(Cc2ccc(O)cc2)C1. The Morgan fingerprint density at radius 3 is 2.13 bits per heavy atom. The fraction of sp³-hybridized carbons (Fsp3) is 0.400. The number of hydrogen-bond acceptors (Lipinski definition) is 7. The minimum Gasteiger partial charge on any atom is -0.508 e. The summed E-state index contributed by atoms with van der Waals surface area (Å²) in [7, 11) is 0. The normalized spacial score (nSPS) is 17.7. The first kappa shape index (κ1) is 31.8. The van der Waals surface area contributed by atoms with Crippen molar-refractivity contribution in [2.75, 3.05) is 25.0 Å². The average Bonchev–Trinajstić information content (AvgIpc) is 3.48. The summed E-state index contributed by atoms with van der Waals surface area (Å²) in [4.78, 5) is 41.2. The van der Waals surface area contributed by atoms with Gasteiger partial charge >= 0.3 is 12.0 Å². The lowest BCUT2D eigenvalue weighted by Gasteiger charge is -2.22. The Balaban J connectivity index is 1.15. The Bertz CT molecular complexity index is 1420. The highest BCUT2D eigenvalue weighted by atomic mass is 16.5. The van der Waals surface area contributed by atoms with Crippen molar-refractivity contribution in [1.82, 2.24) is 15.5 Å². The second-order valence-corrected chi connectivity index (χ2v) is 12.1. The van der Waals surface area contributed by atoms with Gasteiger partial charge in [0.1, 0.15) is 17.5 Å². The standard InChI is InChI=1S/C35H42N4O6/c40-30-14-6-24(7-15-30)20-32(33(42)36-29-18-19-39(22-29)21-25-8-16-31(41)17-9-25)38-35(44)37-28-12-10-27(11-13-28)34(43)45-23-26-4-2-1-3-5-26/h6-17,26,29,32,40-41H,1-5,18-23H2,(H,36,42)(H2,37,38,44)/t29?,32-/m0/s1. The molecule has 1 saturated heterocycles. The molecule has 0 spiro atoms. The maximum atomic E-state index is 13.5. The molecule has 5 N–H and O–H groups in total. The topological polar surface area (TPSA) is 140 Å². The number of hydrogen-bond donors (Lipinski definition) is 5. The number of benzene rings is 3. The smallest absolute Gasteiger partial charge is 0.338 e. The molecule has 3 aromatic carbocycles. The molecule has 0 radical (unpaired) electrons. The molecule has 2 atom stereocenters. The lowest BCUT2D eigenvalue weighted by molar-refractivity contribution is -0.123. The zero-order valence-corrected chi connectivity index (χ0v) is 25.4. The van der Waals surface area contributed by atoms with E-state index in [1.807, 2.05) is 12.1 Å². The third-order valence-electron chi connectivity index (χ3n) is 8.51. The van der Waals surface area contributed by atoms with Gasteiger partial charge in [0.25, 0.3) is 0 Å². The van der Waals surface area contributed by atoms with Crippen molar-refractivity contribution >= 4 is 23.6 Å². The van der Waals surface area contributed by atoms with Crippen molar-refractivity contribution in [3.8, 4) is 11.5 Å². The minimum absolute atomic E-state index is 0.0767. The van der Waals surface area contributed by atoms with Gasteiger partial charge in [0.05, 0.1) is 12.2 Å². The number of phenols is 2. The molecule has 1 unspecified atom stereocenters. The second kappa shape index (κ2) is 15.4. The predicted octanol–water partition coefficient (Wildman–Crippen LogP) is 4.96. The number of aromatic hydroxyl groups is 2. The molecule has 238 valence electrons. The molecule has 10 heteroatoms. The quantitative estimate of drug-likeness (QED) is 0.192. The van der Waals surface area contributed by atoms with E-state index in [9.17, 15) is 24.6 Å². The van der Waals surface area contributed by atoms with Crippen LogP contribution in [0.5, 0.6) is 11.5 Å². The first-order chi connectivity index (χ1) is 21.8. The lowest BCUT2D eigenvalue weighted by atomic mass is 9.90. The summed E-state index contributed by atoms with van der Waals surface area (Å²) in [6.45, 7) is 2.62. The van der Waals surface area contributed by atoms with E-state index >= 15 is 0 Å². The van der Waals surface area contributed by atoms with E-state index in [1.54, 1.807) is 60.7 Å². The monoisotopic (exact) mass is 614 g/mol. The Kier molecular flexibility index (Phi) is 10.9. The van der Waals surface area contributed by atoms with Gasteiger partial charge in [-0.3, -0.25) is 9.69 Å². The lowest BCUT2D eigenvalue weighted by Crippen LogP contribution is -2.52. The molecule has 3 aromatic rings. The fourth-order valence-electron chi connectivity index (χ4n) is 5.98. The summed E-state index contributed by atoms with van der Waals surface area (Å²) >= 11 is 0. The van der Waals surface area contributed by atoms with Gasteiger partial charge in [-0.2, -0.15) is 0 Å². The number of nitrogens with one attached hydrogen (secondary N) is 3. The summed E-state index contributed by atoms with van der Waals surface area (Å²) in [6.07, 6.45) is 6.81. The van der Waals surface area contributed by atoms with E-state index < -0.39 is 12.1 Å². The molecule has 1 aliphatic heterocycles. The molecular weight excluding hydrogens is 572 g/mol. The van der Waals surface area contributed by atoms with Gasteiger partial charge in [0.2, 0.25) is 5.91 Å². The first-order valence-electron chi connectivity index (χ1n) is 15.7. The van der Waals surface area contributed by atoms with Gasteiger partial charge in [-0.25, -0.2) is 9.59 Å². The summed E-state index contributed by atoms with van der Waals surface area (Å²) in [6, 6.07) is 18.6. The Labute approximate surface area is 263 Å². The van der Waals surface area contributed by atoms with E-state index in [0.717, 1.165) is 36.9 Å². The van der Waals surface area contributed by atoms with Crippen LogP contribution in [0.3, 0.4) is 0 Å². The van der Waals surface area contributed by atoms with Crippen LogP contribution in [0.25, 0.3) is 0 Å². The van der Waals surface area contributed by atoms with Crippen molar-refractivity contribution < 1.29 is 29.3 Å². The van der Waals surface area contributed by atoms with Crippen molar-refractivity contribution in [2.24, 2.45) is 5.92 Å². The van der Waals surface area contributed by atoms with Gasteiger partial charge in [0.15, 0.2) is 0 Å². The number of ether oxygens (including phenoxy) is 1. The van der Waals surface area contributed by atoms with Gasteiger partial charge in [0, 0.05) is 37.8 Å². The first-order valence-corrected chi connectivity index (χ1v) is 15.7. The number of urea groups is 1. The van der Waals surface area contributed by atoms with Crippen molar-refractivity contribution in [3.63, 3.8) is 0 Å². The van der Waals surface area contributed by atoms with Crippen molar-refractivity contribution in [3.05, 3.63) is 89.5 Å². The molecule has 0 aromatic heterocycles. The number of anilines is 1. The Morgan fingerprint density at radius 1 is 0.822 bits per heavy atom. The van der Waals surface area contributed by atoms with Crippen LogP contribution in [0, 0.1) is 5.92 Å². The minimum atomic E-state index is -0.866. The van der Waals surface area contributed by atoms with Crippen LogP contribution in [0.2, 0.25) is 0 Å². The maximum Gasteiger partial charge on any atom is 0.338 e. The number of carbonyl (C=O) groups excluding carboxylic acids is 3.